The Balaban J connectivity index is 1.95. The topological polar surface area (TPSA) is 90.7 Å². The molecule has 2 rings (SSSR count). The van der Waals surface area contributed by atoms with Gasteiger partial charge in [-0.05, 0) is 6.92 Å². The highest BCUT2D eigenvalue weighted by Crippen LogP contribution is 2.19. The minimum absolute atomic E-state index is 0.0278. The first-order valence-corrected chi connectivity index (χ1v) is 6.33. The van der Waals surface area contributed by atoms with E-state index in [4.69, 9.17) is 5.84 Å². The zero-order valence-corrected chi connectivity index (χ0v) is 10.8. The second-order valence-corrected chi connectivity index (χ2v) is 5.07. The van der Waals surface area contributed by atoms with Gasteiger partial charge in [0.15, 0.2) is 0 Å². The standard InChI is InChI=1S/C11H21N5O2/c1-7(10(17)14-12)8(2)15-3-4-16-9(6-15)5-13-11(16)18/h7-9H,3-6,12H2,1-2H3,(H,13,18)(H,14,17). The first kappa shape index (κ1) is 13.1. The second kappa shape index (κ2) is 5.11. The van der Waals surface area contributed by atoms with E-state index in [0.717, 1.165) is 19.6 Å². The number of amides is 3. The number of nitrogens with one attached hydrogen (secondary N) is 2. The predicted octanol–water partition coefficient (Wildman–Crippen LogP) is -1.29. The van der Waals surface area contributed by atoms with Crippen molar-refractivity contribution in [2.45, 2.75) is 25.9 Å². The highest BCUT2D eigenvalue weighted by Gasteiger charge is 2.38. The number of carbonyl (C=O) groups is 2. The van der Waals surface area contributed by atoms with Crippen molar-refractivity contribution in [2.75, 3.05) is 26.2 Å². The predicted molar refractivity (Wildman–Crippen MR) is 66.4 cm³/mol. The van der Waals surface area contributed by atoms with E-state index in [1.54, 1.807) is 0 Å². The summed E-state index contributed by atoms with van der Waals surface area (Å²) in [6.45, 7) is 6.92. The number of hydrogen-bond donors (Lipinski definition) is 3. The normalized spacial score (nSPS) is 27.4. The molecule has 0 spiro atoms. The Morgan fingerprint density at radius 1 is 1.50 bits per heavy atom. The Labute approximate surface area is 107 Å². The highest BCUT2D eigenvalue weighted by molar-refractivity contribution is 5.78. The van der Waals surface area contributed by atoms with Crippen LogP contribution >= 0.6 is 0 Å². The average Bonchev–Trinajstić information content (AvgIpc) is 2.77. The van der Waals surface area contributed by atoms with Gasteiger partial charge in [-0.25, -0.2) is 10.6 Å². The molecule has 102 valence electrons. The summed E-state index contributed by atoms with van der Waals surface area (Å²) in [7, 11) is 0. The Morgan fingerprint density at radius 2 is 2.22 bits per heavy atom. The molecule has 7 heteroatoms. The molecule has 2 saturated heterocycles. The number of urea groups is 1. The molecule has 3 amide bonds. The lowest BCUT2D eigenvalue weighted by Gasteiger charge is -2.41. The van der Waals surface area contributed by atoms with Crippen molar-refractivity contribution >= 4 is 11.9 Å². The van der Waals surface area contributed by atoms with Crippen LogP contribution in [-0.4, -0.2) is 60.0 Å². The lowest BCUT2D eigenvalue weighted by Crippen LogP contribution is -2.57. The van der Waals surface area contributed by atoms with Crippen LogP contribution in [0.15, 0.2) is 0 Å². The molecule has 3 unspecified atom stereocenters. The SMILES string of the molecule is CC(C(=O)NN)C(C)N1CCN2C(=O)NCC2C1. The van der Waals surface area contributed by atoms with E-state index in [0.29, 0.717) is 6.54 Å². The fourth-order valence-electron chi connectivity index (χ4n) is 2.66. The first-order chi connectivity index (χ1) is 8.54. The van der Waals surface area contributed by atoms with Gasteiger partial charge in [-0.1, -0.05) is 6.92 Å². The van der Waals surface area contributed by atoms with Crippen molar-refractivity contribution < 1.29 is 9.59 Å². The minimum atomic E-state index is -0.161. The first-order valence-electron chi connectivity index (χ1n) is 6.33. The van der Waals surface area contributed by atoms with Gasteiger partial charge in [0, 0.05) is 32.2 Å². The van der Waals surface area contributed by atoms with Crippen LogP contribution in [0.1, 0.15) is 13.8 Å². The minimum Gasteiger partial charge on any atom is -0.336 e. The van der Waals surface area contributed by atoms with Gasteiger partial charge < -0.3 is 10.2 Å². The number of rotatable bonds is 3. The Bertz CT molecular complexity index is 348. The lowest BCUT2D eigenvalue weighted by molar-refractivity contribution is -0.126. The molecule has 0 aromatic rings. The smallest absolute Gasteiger partial charge is 0.317 e. The van der Waals surface area contributed by atoms with Crippen LogP contribution in [0.25, 0.3) is 0 Å². The number of piperazine rings is 1. The zero-order valence-electron chi connectivity index (χ0n) is 10.8. The van der Waals surface area contributed by atoms with Crippen molar-refractivity contribution in [3.63, 3.8) is 0 Å². The molecule has 2 fully saturated rings. The van der Waals surface area contributed by atoms with Crippen LogP contribution in [-0.2, 0) is 4.79 Å². The summed E-state index contributed by atoms with van der Waals surface area (Å²) in [6, 6.07) is 0.369. The van der Waals surface area contributed by atoms with Gasteiger partial charge >= 0.3 is 6.03 Å². The third-order valence-electron chi connectivity index (χ3n) is 4.12. The summed E-state index contributed by atoms with van der Waals surface area (Å²) in [5.74, 6) is 4.85. The summed E-state index contributed by atoms with van der Waals surface area (Å²) in [5.41, 5.74) is 2.20. The molecule has 0 bridgehead atoms. The van der Waals surface area contributed by atoms with E-state index < -0.39 is 0 Å². The summed E-state index contributed by atoms with van der Waals surface area (Å²) in [6.07, 6.45) is 0. The van der Waals surface area contributed by atoms with E-state index in [1.165, 1.54) is 0 Å². The number of hydrazine groups is 1. The maximum atomic E-state index is 11.5. The number of carbonyl (C=O) groups excluding carboxylic acids is 2. The van der Waals surface area contributed by atoms with E-state index in [2.05, 4.69) is 15.6 Å². The molecule has 0 aromatic heterocycles. The Kier molecular flexibility index (Phi) is 3.72. The average molecular weight is 255 g/mol. The van der Waals surface area contributed by atoms with Crippen LogP contribution in [0.4, 0.5) is 4.79 Å². The van der Waals surface area contributed by atoms with Crippen molar-refractivity contribution in [2.24, 2.45) is 11.8 Å². The summed E-state index contributed by atoms with van der Waals surface area (Å²) >= 11 is 0. The molecular formula is C11H21N5O2. The van der Waals surface area contributed by atoms with E-state index in [9.17, 15) is 9.59 Å². The molecule has 2 aliphatic rings. The summed E-state index contributed by atoms with van der Waals surface area (Å²) in [4.78, 5) is 27.1. The molecular weight excluding hydrogens is 234 g/mol. The monoisotopic (exact) mass is 255 g/mol. The number of nitrogens with two attached hydrogens (primary N) is 1. The third-order valence-corrected chi connectivity index (χ3v) is 4.12. The van der Waals surface area contributed by atoms with Gasteiger partial charge in [0.25, 0.3) is 0 Å². The Morgan fingerprint density at radius 3 is 2.89 bits per heavy atom. The van der Waals surface area contributed by atoms with Crippen molar-refractivity contribution in [1.29, 1.82) is 0 Å². The van der Waals surface area contributed by atoms with Crippen LogP contribution in [0.2, 0.25) is 0 Å². The van der Waals surface area contributed by atoms with Crippen LogP contribution < -0.4 is 16.6 Å². The van der Waals surface area contributed by atoms with Gasteiger partial charge in [-0.2, -0.15) is 0 Å². The van der Waals surface area contributed by atoms with Crippen LogP contribution in [0.3, 0.4) is 0 Å². The van der Waals surface area contributed by atoms with Gasteiger partial charge in [-0.3, -0.25) is 15.1 Å². The van der Waals surface area contributed by atoms with Gasteiger partial charge in [0.2, 0.25) is 5.91 Å². The van der Waals surface area contributed by atoms with E-state index >= 15 is 0 Å². The fraction of sp³-hybridized carbons (Fsp3) is 0.818. The van der Waals surface area contributed by atoms with Crippen molar-refractivity contribution in [1.82, 2.24) is 20.5 Å². The molecule has 0 aromatic carbocycles. The van der Waals surface area contributed by atoms with Crippen LogP contribution in [0.5, 0.6) is 0 Å². The van der Waals surface area contributed by atoms with E-state index in [-0.39, 0.29) is 29.9 Å². The number of fused-ring (bicyclic) bond motifs is 1. The van der Waals surface area contributed by atoms with Gasteiger partial charge in [0.05, 0.1) is 12.0 Å². The second-order valence-electron chi connectivity index (χ2n) is 5.07. The molecule has 4 N–H and O–H groups in total. The van der Waals surface area contributed by atoms with E-state index in [1.807, 2.05) is 18.7 Å². The third kappa shape index (κ3) is 2.28. The molecule has 7 nitrogen and oxygen atoms in total. The van der Waals surface area contributed by atoms with Crippen LogP contribution in [0, 0.1) is 5.92 Å². The maximum Gasteiger partial charge on any atom is 0.317 e. The highest BCUT2D eigenvalue weighted by atomic mass is 16.2. The molecule has 2 heterocycles. The summed E-state index contributed by atoms with van der Waals surface area (Å²) < 4.78 is 0. The number of nitrogens with zero attached hydrogens (tertiary/aromatic N) is 2. The maximum absolute atomic E-state index is 11.5. The molecule has 18 heavy (non-hydrogen) atoms. The summed E-state index contributed by atoms with van der Waals surface area (Å²) in [5, 5.41) is 2.85. The lowest BCUT2D eigenvalue weighted by atomic mass is 9.99. The van der Waals surface area contributed by atoms with Crippen molar-refractivity contribution in [3.05, 3.63) is 0 Å². The van der Waals surface area contributed by atoms with Gasteiger partial charge in [0.1, 0.15) is 0 Å². The molecule has 2 aliphatic heterocycles. The molecule has 3 atom stereocenters. The largest absolute Gasteiger partial charge is 0.336 e. The number of hydrogen-bond acceptors (Lipinski definition) is 4. The Hall–Kier alpha value is -1.34. The zero-order chi connectivity index (χ0) is 13.3. The van der Waals surface area contributed by atoms with Gasteiger partial charge in [-0.15, -0.1) is 0 Å². The quantitative estimate of drug-likeness (QED) is 0.332. The molecule has 0 aliphatic carbocycles. The van der Waals surface area contributed by atoms with Crippen molar-refractivity contribution in [3.8, 4) is 0 Å². The molecule has 0 saturated carbocycles. The molecule has 0 radical (unpaired) electrons. The fourth-order valence-corrected chi connectivity index (χ4v) is 2.66.